The predicted molar refractivity (Wildman–Crippen MR) is 193 cm³/mol. The van der Waals surface area contributed by atoms with Crippen molar-refractivity contribution in [1.82, 2.24) is 39.0 Å². The summed E-state index contributed by atoms with van der Waals surface area (Å²) in [6, 6.07) is 9.17. The van der Waals surface area contributed by atoms with Crippen molar-refractivity contribution < 1.29 is 257 Å². The van der Waals surface area contributed by atoms with E-state index in [1.165, 1.54) is 0 Å². The molecule has 4 heterocycles. The molecule has 1 aromatic carbocycles. The van der Waals surface area contributed by atoms with E-state index in [2.05, 4.69) is 43.4 Å². The molecule has 2 fully saturated rings. The first-order valence-corrected chi connectivity index (χ1v) is 18.8. The molecule has 55 heavy (non-hydrogen) atoms. The zero-order valence-electron chi connectivity index (χ0n) is 32.3. The van der Waals surface area contributed by atoms with Gasteiger partial charge in [-0.25, -0.2) is 9.97 Å². The Bertz CT molecular complexity index is 2080. The quantitative estimate of drug-likeness (QED) is 0.0508. The molecule has 0 spiro atoms. The first kappa shape index (κ1) is 53.9. The predicted octanol–water partition coefficient (Wildman–Crippen LogP) is -10.3. The molecule has 0 bridgehead atoms. The molecule has 9 N–H and O–H groups in total. The van der Waals surface area contributed by atoms with Crippen molar-refractivity contribution in [2.24, 2.45) is 11.8 Å². The molecule has 270 valence electrons. The largest absolute Gasteiger partial charge is 1.00 e. The summed E-state index contributed by atoms with van der Waals surface area (Å²) in [5.41, 5.74) is 13.6. The first-order chi connectivity index (χ1) is 24.6. The van der Waals surface area contributed by atoms with Crippen LogP contribution in [0.2, 0.25) is 11.1 Å². The van der Waals surface area contributed by atoms with Crippen molar-refractivity contribution in [2.45, 2.75) is 74.9 Å². The molecule has 7 rings (SSSR count). The fourth-order valence-electron chi connectivity index (χ4n) is 7.74. The van der Waals surface area contributed by atoms with Crippen molar-refractivity contribution in [3.63, 3.8) is 0 Å². The number of nitrogens with zero attached hydrogens (tertiary/aromatic N) is 7. The number of fused-ring (bicyclic) bond motifs is 2. The number of rotatable bonds is 10. The summed E-state index contributed by atoms with van der Waals surface area (Å²) in [6.07, 6.45) is 6.04. The third kappa shape index (κ3) is 11.7. The molecule has 5 aromatic rings. The van der Waals surface area contributed by atoms with Gasteiger partial charge in [-0.2, -0.15) is 26.0 Å². The fourth-order valence-corrected chi connectivity index (χ4v) is 9.73. The second kappa shape index (κ2) is 24.6. The zero-order chi connectivity index (χ0) is 36.4. The number of aliphatic hydroxyl groups excluding tert-OH is 1. The molecule has 2 radical (unpaired) electrons. The molecule has 0 amide bonds. The minimum atomic E-state index is -1.40. The number of allylic oxidation sites excluding steroid dienone is 1. The summed E-state index contributed by atoms with van der Waals surface area (Å²) in [6.45, 7) is 8.11. The Balaban J connectivity index is 0.000000373. The van der Waals surface area contributed by atoms with Crippen molar-refractivity contribution in [3.05, 3.63) is 71.1 Å². The number of anilines is 2. The van der Waals surface area contributed by atoms with Crippen LogP contribution in [0.15, 0.2) is 59.9 Å². The van der Waals surface area contributed by atoms with E-state index in [1.807, 2.05) is 41.8 Å². The molecule has 0 aliphatic heterocycles. The van der Waals surface area contributed by atoms with Gasteiger partial charge < -0.3 is 45.1 Å². The number of imidazole rings is 2. The molecular weight excluding hydrogens is 1030 g/mol. The summed E-state index contributed by atoms with van der Waals surface area (Å²) in [5, 5.41) is 21.4. The van der Waals surface area contributed by atoms with Gasteiger partial charge in [-0.15, -0.1) is 0 Å². The molecule has 2 saturated carbocycles. The van der Waals surface area contributed by atoms with Crippen LogP contribution in [0.4, 0.5) is 11.9 Å². The van der Waals surface area contributed by atoms with E-state index in [0.29, 0.717) is 36.3 Å². The van der Waals surface area contributed by atoms with Gasteiger partial charge in [-0.3, -0.25) is 29.3 Å². The molecule has 0 unspecified atom stereocenters. The average molecular weight is 1070 g/mol. The zero-order valence-corrected chi connectivity index (χ0v) is 54.0. The number of H-pyrrole nitrogens is 1. The van der Waals surface area contributed by atoms with E-state index in [4.69, 9.17) is 16.2 Å². The van der Waals surface area contributed by atoms with Gasteiger partial charge in [0.05, 0.1) is 31.3 Å². The van der Waals surface area contributed by atoms with Crippen LogP contribution in [0.1, 0.15) is 57.2 Å². The van der Waals surface area contributed by atoms with Crippen LogP contribution in [0.3, 0.4) is 0 Å². The van der Waals surface area contributed by atoms with Gasteiger partial charge in [-0.1, -0.05) is 82.0 Å². The summed E-state index contributed by atoms with van der Waals surface area (Å²) >= 11 is 0. The average Bonchev–Trinajstić information content (AvgIpc) is 3.89. The van der Waals surface area contributed by atoms with Gasteiger partial charge in [0.1, 0.15) is 12.2 Å². The molecule has 0 saturated heterocycles. The summed E-state index contributed by atoms with van der Waals surface area (Å²) in [4.78, 5) is 55.0. The fraction of sp³-hybridized carbons (Fsp3) is 0.455. The maximum absolute atomic E-state index is 11.8. The summed E-state index contributed by atoms with van der Waals surface area (Å²) < 4.78 is 9.44. The molecule has 16 nitrogen and oxygen atoms in total. The van der Waals surface area contributed by atoms with Crippen molar-refractivity contribution in [2.75, 3.05) is 18.1 Å². The van der Waals surface area contributed by atoms with Crippen molar-refractivity contribution >= 4 is 53.8 Å². The minimum absolute atomic E-state index is 0. The number of hydrogen-bond acceptors (Lipinski definition) is 13. The molecule has 2 aliphatic carbocycles. The number of nitrogens with one attached hydrogen (secondary N) is 1. The van der Waals surface area contributed by atoms with Crippen LogP contribution < -0.4 is 255 Å². The van der Waals surface area contributed by atoms with E-state index < -0.39 is 18.2 Å². The number of nitrogen functional groups attached to an aromatic ring is 2. The van der Waals surface area contributed by atoms with Crippen LogP contribution in [0.5, 0.6) is 5.88 Å². The van der Waals surface area contributed by atoms with Gasteiger partial charge in [-0.05, 0) is 17.4 Å². The van der Waals surface area contributed by atoms with Crippen LogP contribution in [-0.2, 0) is 6.61 Å². The van der Waals surface area contributed by atoms with Crippen LogP contribution >= 0.6 is 0 Å². The van der Waals surface area contributed by atoms with E-state index in [0.717, 1.165) is 24.0 Å². The Morgan fingerprint density at radius 1 is 0.927 bits per heavy atom. The number of hydrogen-bond donors (Lipinski definition) is 7. The normalized spacial score (nSPS) is 24.2. The molecule has 4 aromatic heterocycles. The number of ether oxygens (including phenoxy) is 1. The number of benzene rings is 1. The Kier molecular flexibility index (Phi) is 24.1. The number of aromatic amines is 1. The van der Waals surface area contributed by atoms with E-state index in [-0.39, 0.29) is 310 Å². The topological polar surface area (TPSA) is 249 Å². The maximum atomic E-state index is 11.8. The van der Waals surface area contributed by atoms with Gasteiger partial charge >= 0.3 is 233 Å². The molecular formula is C33H42N10O6Rb4Si2+2. The van der Waals surface area contributed by atoms with Crippen molar-refractivity contribution in [1.29, 1.82) is 0 Å². The number of nitrogens with two attached hydrogens (primary N) is 2. The maximum Gasteiger partial charge on any atom is 1.00 e. The van der Waals surface area contributed by atoms with Gasteiger partial charge in [0.2, 0.25) is 17.8 Å². The van der Waals surface area contributed by atoms with Gasteiger partial charge in [0.15, 0.2) is 22.3 Å². The van der Waals surface area contributed by atoms with Crippen LogP contribution in [-0.4, -0.2) is 90.6 Å². The Hall–Kier alpha value is 2.75. The Labute approximate surface area is 519 Å². The van der Waals surface area contributed by atoms with Gasteiger partial charge in [0.25, 0.3) is 5.56 Å². The standard InChI is InChI=1S/C20H25N5O4Si.C13H17N5O2Si.4Rb/c1-2-13-14(30-28)8-15(20(13,27)10-26)25-11-22-16-17(25)23-19(21)24-18(16)29-9-12-6-4-3-5-7-12;1-3-7-6(2)8(4-9(7)21-20)18-5-15-10-11(18)16-13(14)17-12(10)19;;;;/h3-7,11,13-15,26-28H,2,8-10H2,1H3,(H2,21,23,24);5,7-9,20H,2-4H2,1H3,(H3,14,16,17,19);;;;/q2*-1;4*+1/t13-,14+,15+,20+;7-,8-,9-;;;;/m10..../s1. The summed E-state index contributed by atoms with van der Waals surface area (Å²) in [5.74, 6) is 0.422. The summed E-state index contributed by atoms with van der Waals surface area (Å²) in [7, 11) is -0.432. The third-order valence-electron chi connectivity index (χ3n) is 10.3. The second-order valence-electron chi connectivity index (χ2n) is 13.0. The van der Waals surface area contributed by atoms with E-state index in [1.54, 1.807) is 17.2 Å². The van der Waals surface area contributed by atoms with Crippen LogP contribution in [0, 0.1) is 11.8 Å². The van der Waals surface area contributed by atoms with Crippen molar-refractivity contribution in [3.8, 4) is 5.88 Å². The van der Waals surface area contributed by atoms with E-state index in [9.17, 15) is 24.6 Å². The number of aliphatic hydroxyl groups is 2. The molecule has 2 aliphatic rings. The monoisotopic (exact) mass is 1070 g/mol. The molecule has 22 heteroatoms. The Morgan fingerprint density at radius 2 is 1.56 bits per heavy atom. The SMILES string of the molecule is C=C1[C@H](CC)[C@@H]([Si-]O)C[C@@H]1n1cnc2c(=O)[nH]c(N)nc21.CC[C@@H]1[C@@H]([Si-]O)C[C@H](n2cnc3c(OCc4ccccc4)nc(N)nc32)[C@]1(O)CO.[Rb+].[Rb+].[Rb+].[Rb+]. The van der Waals surface area contributed by atoms with E-state index >= 15 is 0 Å². The number of aromatic nitrogens is 8. The van der Waals surface area contributed by atoms with Gasteiger partial charge in [0, 0.05) is 0 Å². The molecule has 7 atom stereocenters. The Morgan fingerprint density at radius 3 is 2.16 bits per heavy atom. The minimum Gasteiger partial charge on any atom is -0.634 e. The van der Waals surface area contributed by atoms with Crippen LogP contribution in [0.25, 0.3) is 22.3 Å². The third-order valence-corrected chi connectivity index (χ3v) is 12.2. The first-order valence-electron chi connectivity index (χ1n) is 16.8. The second-order valence-corrected chi connectivity index (χ2v) is 15.0. The smallest absolute Gasteiger partial charge is 0.634 e.